The molecule has 0 bridgehead atoms. The van der Waals surface area contributed by atoms with Gasteiger partial charge in [0.15, 0.2) is 0 Å². The average molecular weight is 306 g/mol. The third-order valence-corrected chi connectivity index (χ3v) is 3.83. The van der Waals surface area contributed by atoms with E-state index >= 15 is 0 Å². The number of nitrogens with one attached hydrogen (secondary N) is 2. The van der Waals surface area contributed by atoms with E-state index in [-0.39, 0.29) is 12.1 Å². The Hall–Kier alpha value is -3.22. The Bertz CT molecular complexity index is 874. The Morgan fingerprint density at radius 3 is 2.91 bits per heavy atom. The molecule has 1 aliphatic rings. The molecule has 3 aromatic rings. The molecule has 1 atom stereocenters. The van der Waals surface area contributed by atoms with Gasteiger partial charge in [0.1, 0.15) is 24.6 Å². The molecule has 1 aliphatic heterocycles. The first kappa shape index (κ1) is 13.4. The minimum absolute atomic E-state index is 0.130. The van der Waals surface area contributed by atoms with Crippen molar-refractivity contribution in [3.63, 3.8) is 0 Å². The van der Waals surface area contributed by atoms with Gasteiger partial charge in [0.25, 0.3) is 5.91 Å². The number of aryl methyl sites for hydroxylation is 1. The van der Waals surface area contributed by atoms with E-state index < -0.39 is 0 Å². The average Bonchev–Trinajstić information content (AvgIpc) is 3.09. The maximum Gasteiger partial charge on any atom is 0.256 e. The number of pyridine rings is 1. The Labute approximate surface area is 132 Å². The molecular weight excluding hydrogens is 292 g/mol. The fourth-order valence-electron chi connectivity index (χ4n) is 2.70. The first-order chi connectivity index (χ1) is 11.2. The van der Waals surface area contributed by atoms with Crippen molar-refractivity contribution in [2.75, 3.05) is 5.32 Å². The number of hydrogen-bond donors (Lipinski definition) is 2. The molecule has 1 amide bonds. The molecule has 0 aliphatic carbocycles. The molecule has 3 heterocycles. The SMILES string of the molecule is Cc1cc([C@@H]2NC(=O)c3cccnc3N2)ccc1-n1cncn1. The molecule has 7 nitrogen and oxygen atoms in total. The monoisotopic (exact) mass is 306 g/mol. The van der Waals surface area contributed by atoms with Gasteiger partial charge in [0.2, 0.25) is 0 Å². The number of carbonyl (C=O) groups is 1. The molecule has 2 aromatic heterocycles. The molecule has 1 aromatic carbocycles. The van der Waals surface area contributed by atoms with Crippen molar-refractivity contribution in [3.8, 4) is 5.69 Å². The van der Waals surface area contributed by atoms with Crippen LogP contribution in [-0.2, 0) is 0 Å². The zero-order valence-corrected chi connectivity index (χ0v) is 12.4. The highest BCUT2D eigenvalue weighted by molar-refractivity contribution is 6.00. The molecule has 23 heavy (non-hydrogen) atoms. The second-order valence-electron chi connectivity index (χ2n) is 5.34. The molecule has 0 saturated carbocycles. The summed E-state index contributed by atoms with van der Waals surface area (Å²) in [4.78, 5) is 20.4. The number of aromatic nitrogens is 4. The van der Waals surface area contributed by atoms with Gasteiger partial charge in [-0.3, -0.25) is 4.79 Å². The quantitative estimate of drug-likeness (QED) is 0.754. The highest BCUT2D eigenvalue weighted by Gasteiger charge is 2.25. The van der Waals surface area contributed by atoms with Gasteiger partial charge >= 0.3 is 0 Å². The third kappa shape index (κ3) is 2.32. The lowest BCUT2D eigenvalue weighted by Gasteiger charge is -2.27. The molecule has 114 valence electrons. The van der Waals surface area contributed by atoms with Crippen LogP contribution in [0.4, 0.5) is 5.82 Å². The van der Waals surface area contributed by atoms with Crippen LogP contribution < -0.4 is 10.6 Å². The van der Waals surface area contributed by atoms with Crippen molar-refractivity contribution < 1.29 is 4.79 Å². The van der Waals surface area contributed by atoms with Crippen molar-refractivity contribution in [1.82, 2.24) is 25.1 Å². The van der Waals surface area contributed by atoms with E-state index in [0.717, 1.165) is 16.8 Å². The molecule has 0 unspecified atom stereocenters. The Kier molecular flexibility index (Phi) is 3.04. The summed E-state index contributed by atoms with van der Waals surface area (Å²) in [6.45, 7) is 2.00. The Morgan fingerprint density at radius 2 is 2.13 bits per heavy atom. The third-order valence-electron chi connectivity index (χ3n) is 3.83. The molecule has 0 radical (unpaired) electrons. The van der Waals surface area contributed by atoms with Gasteiger partial charge in [0.05, 0.1) is 11.3 Å². The van der Waals surface area contributed by atoms with Crippen LogP contribution in [0.3, 0.4) is 0 Å². The molecule has 0 saturated heterocycles. The van der Waals surface area contributed by atoms with Crippen molar-refractivity contribution in [2.45, 2.75) is 13.1 Å². The van der Waals surface area contributed by atoms with Crippen LogP contribution in [0, 0.1) is 6.92 Å². The fraction of sp³-hybridized carbons (Fsp3) is 0.125. The molecule has 2 N–H and O–H groups in total. The summed E-state index contributed by atoms with van der Waals surface area (Å²) in [5.74, 6) is 0.467. The summed E-state index contributed by atoms with van der Waals surface area (Å²) < 4.78 is 1.71. The highest BCUT2D eigenvalue weighted by atomic mass is 16.2. The summed E-state index contributed by atoms with van der Waals surface area (Å²) in [6.07, 6.45) is 4.51. The number of fused-ring (bicyclic) bond motifs is 1. The molecule has 4 rings (SSSR count). The van der Waals surface area contributed by atoms with Gasteiger partial charge in [-0.1, -0.05) is 12.1 Å². The van der Waals surface area contributed by atoms with E-state index in [4.69, 9.17) is 0 Å². The van der Waals surface area contributed by atoms with Gasteiger partial charge in [-0.25, -0.2) is 14.6 Å². The van der Waals surface area contributed by atoms with Crippen molar-refractivity contribution >= 4 is 11.7 Å². The van der Waals surface area contributed by atoms with E-state index in [2.05, 4.69) is 25.7 Å². The van der Waals surface area contributed by atoms with Crippen molar-refractivity contribution in [2.24, 2.45) is 0 Å². The minimum atomic E-state index is -0.312. The van der Waals surface area contributed by atoms with Crippen LogP contribution >= 0.6 is 0 Å². The number of anilines is 1. The smallest absolute Gasteiger partial charge is 0.256 e. The van der Waals surface area contributed by atoms with E-state index in [0.29, 0.717) is 11.4 Å². The normalized spacial score (nSPS) is 16.4. The lowest BCUT2D eigenvalue weighted by atomic mass is 10.0. The van der Waals surface area contributed by atoms with Gasteiger partial charge in [-0.15, -0.1) is 0 Å². The van der Waals surface area contributed by atoms with Crippen LogP contribution in [0.5, 0.6) is 0 Å². The van der Waals surface area contributed by atoms with Gasteiger partial charge < -0.3 is 10.6 Å². The van der Waals surface area contributed by atoms with Gasteiger partial charge in [-0.2, -0.15) is 5.10 Å². The number of nitrogens with zero attached hydrogens (tertiary/aromatic N) is 4. The van der Waals surface area contributed by atoms with Crippen molar-refractivity contribution in [1.29, 1.82) is 0 Å². The van der Waals surface area contributed by atoms with Crippen molar-refractivity contribution in [3.05, 3.63) is 65.9 Å². The second-order valence-corrected chi connectivity index (χ2v) is 5.34. The lowest BCUT2D eigenvalue weighted by molar-refractivity contribution is 0.0935. The van der Waals surface area contributed by atoms with Gasteiger partial charge in [-0.05, 0) is 36.2 Å². The zero-order chi connectivity index (χ0) is 15.8. The van der Waals surface area contributed by atoms with Crippen LogP contribution in [-0.4, -0.2) is 25.7 Å². The Balaban J connectivity index is 1.67. The molecular formula is C16H14N6O. The van der Waals surface area contributed by atoms with Gasteiger partial charge in [0, 0.05) is 6.20 Å². The summed E-state index contributed by atoms with van der Waals surface area (Å²) in [5, 5.41) is 10.3. The largest absolute Gasteiger partial charge is 0.346 e. The maximum absolute atomic E-state index is 12.2. The standard InChI is InChI=1S/C16H14N6O/c1-10-7-11(4-5-13(10)22-9-17-8-19-22)14-20-15-12(16(23)21-14)3-2-6-18-15/h2-9,14H,1H3,(H,18,20)(H,21,23)/t14-/m0/s1. The van der Waals surface area contributed by atoms with E-state index in [1.54, 1.807) is 29.3 Å². The second kappa shape index (κ2) is 5.20. The van der Waals surface area contributed by atoms with E-state index in [1.807, 2.05) is 25.1 Å². The molecule has 0 fully saturated rings. The van der Waals surface area contributed by atoms with E-state index in [9.17, 15) is 4.79 Å². The van der Waals surface area contributed by atoms with Crippen LogP contribution in [0.2, 0.25) is 0 Å². The van der Waals surface area contributed by atoms with Crippen LogP contribution in [0.1, 0.15) is 27.7 Å². The zero-order valence-electron chi connectivity index (χ0n) is 12.4. The predicted molar refractivity (Wildman–Crippen MR) is 84.2 cm³/mol. The number of carbonyl (C=O) groups excluding carboxylic acids is 1. The van der Waals surface area contributed by atoms with Crippen LogP contribution in [0.25, 0.3) is 5.69 Å². The predicted octanol–water partition coefficient (Wildman–Crippen LogP) is 1.82. The minimum Gasteiger partial charge on any atom is -0.346 e. The summed E-state index contributed by atoms with van der Waals surface area (Å²) in [7, 11) is 0. The summed E-state index contributed by atoms with van der Waals surface area (Å²) >= 11 is 0. The highest BCUT2D eigenvalue weighted by Crippen LogP contribution is 2.26. The number of rotatable bonds is 2. The number of benzene rings is 1. The van der Waals surface area contributed by atoms with Crippen LogP contribution in [0.15, 0.2) is 49.2 Å². The number of hydrogen-bond acceptors (Lipinski definition) is 5. The summed E-state index contributed by atoms with van der Waals surface area (Å²) in [5.41, 5.74) is 3.50. The van der Waals surface area contributed by atoms with E-state index in [1.165, 1.54) is 6.33 Å². The molecule has 7 heteroatoms. The first-order valence-electron chi connectivity index (χ1n) is 7.20. The Morgan fingerprint density at radius 1 is 1.22 bits per heavy atom. The fourth-order valence-corrected chi connectivity index (χ4v) is 2.70. The maximum atomic E-state index is 12.2. The number of amides is 1. The summed E-state index contributed by atoms with van der Waals surface area (Å²) in [6, 6.07) is 9.43. The topological polar surface area (TPSA) is 84.7 Å². The lowest BCUT2D eigenvalue weighted by Crippen LogP contribution is -2.38. The molecule has 0 spiro atoms. The first-order valence-corrected chi connectivity index (χ1v) is 7.20.